The second kappa shape index (κ2) is 7.59. The van der Waals surface area contributed by atoms with Crippen LogP contribution in [-0.4, -0.2) is 32.6 Å². The van der Waals surface area contributed by atoms with Crippen LogP contribution in [0.3, 0.4) is 0 Å². The normalized spacial score (nSPS) is 47.1. The summed E-state index contributed by atoms with van der Waals surface area (Å²) in [6.07, 6.45) is 13.7. The molecule has 4 rings (SSSR count). The van der Waals surface area contributed by atoms with Gasteiger partial charge >= 0.3 is 0 Å². The van der Waals surface area contributed by atoms with Crippen LogP contribution in [0.5, 0.6) is 0 Å². The van der Waals surface area contributed by atoms with Gasteiger partial charge in [0.05, 0.1) is 17.3 Å². The van der Waals surface area contributed by atoms with E-state index in [1.807, 2.05) is 13.8 Å². The summed E-state index contributed by atoms with van der Waals surface area (Å²) in [7, 11) is 0. The fraction of sp³-hybridized carbons (Fsp3) is 0.926. The summed E-state index contributed by atoms with van der Waals surface area (Å²) in [6, 6.07) is 0. The Morgan fingerprint density at radius 1 is 1.10 bits per heavy atom. The number of allylic oxidation sites excluding steroid dienone is 1. The zero-order valence-corrected chi connectivity index (χ0v) is 20.1. The van der Waals surface area contributed by atoms with Crippen LogP contribution < -0.4 is 0 Å². The van der Waals surface area contributed by atoms with Crippen molar-refractivity contribution in [2.24, 2.45) is 34.5 Å². The van der Waals surface area contributed by atoms with Crippen LogP contribution in [0.2, 0.25) is 0 Å². The van der Waals surface area contributed by atoms with Crippen molar-refractivity contribution in [2.75, 3.05) is 0 Å². The number of hydrogen-bond donors (Lipinski definition) is 3. The van der Waals surface area contributed by atoms with Crippen LogP contribution in [0.15, 0.2) is 11.6 Å². The molecule has 3 N–H and O–H groups in total. The molecule has 0 spiro atoms. The van der Waals surface area contributed by atoms with Gasteiger partial charge in [-0.25, -0.2) is 0 Å². The molecule has 3 heteroatoms. The van der Waals surface area contributed by atoms with Gasteiger partial charge < -0.3 is 15.3 Å². The predicted molar refractivity (Wildman–Crippen MR) is 122 cm³/mol. The molecule has 3 nitrogen and oxygen atoms in total. The van der Waals surface area contributed by atoms with Crippen molar-refractivity contribution < 1.29 is 15.3 Å². The van der Waals surface area contributed by atoms with E-state index in [-0.39, 0.29) is 22.9 Å². The number of aliphatic hydroxyl groups is 3. The lowest BCUT2D eigenvalue weighted by Crippen LogP contribution is -2.56. The van der Waals surface area contributed by atoms with Gasteiger partial charge in [-0.15, -0.1) is 0 Å². The third-order valence-electron chi connectivity index (χ3n) is 10.5. The highest BCUT2D eigenvalue weighted by Gasteiger charge is 2.64. The quantitative estimate of drug-likeness (QED) is 0.508. The first-order valence-corrected chi connectivity index (χ1v) is 12.7. The summed E-state index contributed by atoms with van der Waals surface area (Å²) in [5.41, 5.74) is 0.619. The Kier molecular flexibility index (Phi) is 5.77. The number of hydrogen-bond acceptors (Lipinski definition) is 3. The molecular weight excluding hydrogens is 372 g/mol. The van der Waals surface area contributed by atoms with Gasteiger partial charge in [0.1, 0.15) is 0 Å². The lowest BCUT2D eigenvalue weighted by atomic mass is 9.46. The second-order valence-electron chi connectivity index (χ2n) is 12.7. The van der Waals surface area contributed by atoms with Crippen LogP contribution in [-0.2, 0) is 0 Å². The Labute approximate surface area is 184 Å². The van der Waals surface area contributed by atoms with E-state index in [1.54, 1.807) is 0 Å². The third-order valence-corrected chi connectivity index (χ3v) is 10.5. The highest BCUT2D eigenvalue weighted by Crippen LogP contribution is 2.68. The predicted octanol–water partition coefficient (Wildman–Crippen LogP) is 5.62. The van der Waals surface area contributed by atoms with Crippen LogP contribution in [0.1, 0.15) is 105 Å². The van der Waals surface area contributed by atoms with Crippen molar-refractivity contribution in [3.05, 3.63) is 11.6 Å². The fourth-order valence-electron chi connectivity index (χ4n) is 8.58. The topological polar surface area (TPSA) is 60.7 Å². The maximum atomic E-state index is 12.1. The van der Waals surface area contributed by atoms with Crippen LogP contribution >= 0.6 is 0 Å². The number of rotatable bonds is 5. The molecule has 172 valence electrons. The molecule has 0 aromatic carbocycles. The van der Waals surface area contributed by atoms with Gasteiger partial charge in [0.25, 0.3) is 0 Å². The van der Waals surface area contributed by atoms with E-state index in [0.29, 0.717) is 11.8 Å². The molecule has 8 atom stereocenters. The molecule has 0 aliphatic heterocycles. The van der Waals surface area contributed by atoms with E-state index in [1.165, 1.54) is 12.0 Å². The largest absolute Gasteiger partial charge is 0.393 e. The average molecular weight is 419 g/mol. The maximum Gasteiger partial charge on any atom is 0.0729 e. The van der Waals surface area contributed by atoms with Gasteiger partial charge in [-0.3, -0.25) is 0 Å². The van der Waals surface area contributed by atoms with Crippen molar-refractivity contribution in [2.45, 2.75) is 123 Å². The Morgan fingerprint density at radius 2 is 1.80 bits per heavy atom. The fourth-order valence-corrected chi connectivity index (χ4v) is 8.58. The Morgan fingerprint density at radius 3 is 2.50 bits per heavy atom. The summed E-state index contributed by atoms with van der Waals surface area (Å²) < 4.78 is 0. The van der Waals surface area contributed by atoms with Crippen molar-refractivity contribution in [3.63, 3.8) is 0 Å². The summed E-state index contributed by atoms with van der Waals surface area (Å²) in [6.45, 7) is 10.9. The molecular formula is C27H46O3. The maximum absolute atomic E-state index is 12.1. The minimum atomic E-state index is -0.613. The van der Waals surface area contributed by atoms with E-state index in [4.69, 9.17) is 0 Å². The molecule has 0 aromatic heterocycles. The SMILES string of the molecule is C[C@H](CCCC(C)(C)O)[C@@]1(O)CC[C@H]2[C@@H]3CC=C4CC(O)CC[C@]4(C)[C@H]3CC[C@@]21C. The van der Waals surface area contributed by atoms with Crippen LogP contribution in [0.25, 0.3) is 0 Å². The molecule has 0 bridgehead atoms. The van der Waals surface area contributed by atoms with Crippen LogP contribution in [0, 0.1) is 34.5 Å². The van der Waals surface area contributed by atoms with E-state index in [9.17, 15) is 15.3 Å². The van der Waals surface area contributed by atoms with E-state index in [0.717, 1.165) is 70.1 Å². The first-order valence-electron chi connectivity index (χ1n) is 12.7. The van der Waals surface area contributed by atoms with Gasteiger partial charge in [-0.1, -0.05) is 38.8 Å². The van der Waals surface area contributed by atoms with Gasteiger partial charge in [-0.05, 0) is 113 Å². The van der Waals surface area contributed by atoms with E-state index >= 15 is 0 Å². The second-order valence-corrected chi connectivity index (χ2v) is 12.7. The van der Waals surface area contributed by atoms with Gasteiger partial charge in [-0.2, -0.15) is 0 Å². The van der Waals surface area contributed by atoms with Crippen LogP contribution in [0.4, 0.5) is 0 Å². The smallest absolute Gasteiger partial charge is 0.0729 e. The molecule has 0 aromatic rings. The molecule has 4 aliphatic rings. The number of fused-ring (bicyclic) bond motifs is 5. The molecule has 1 unspecified atom stereocenters. The summed E-state index contributed by atoms with van der Waals surface area (Å²) in [4.78, 5) is 0. The lowest BCUT2D eigenvalue weighted by molar-refractivity contribution is -0.150. The van der Waals surface area contributed by atoms with Crippen molar-refractivity contribution in [3.8, 4) is 0 Å². The molecule has 0 amide bonds. The summed E-state index contributed by atoms with van der Waals surface area (Å²) in [5, 5.41) is 32.3. The molecule has 0 heterocycles. The first kappa shape index (κ1) is 22.8. The van der Waals surface area contributed by atoms with Crippen molar-refractivity contribution >= 4 is 0 Å². The standard InChI is InChI=1S/C27H46O3/c1-18(7-6-13-24(2,3)29)27(30)16-12-23-21-9-8-19-17-20(28)10-14-25(19,4)22(21)11-15-26(23,27)5/h8,18,20-23,28-30H,6-7,9-17H2,1-5H3/t18-,20?,21-,22+,23+,25+,26+,27+/m1/s1. The van der Waals surface area contributed by atoms with Gasteiger partial charge in [0.15, 0.2) is 0 Å². The molecule has 3 saturated carbocycles. The first-order chi connectivity index (χ1) is 13.9. The monoisotopic (exact) mass is 418 g/mol. The Balaban J connectivity index is 1.52. The van der Waals surface area contributed by atoms with Crippen molar-refractivity contribution in [1.29, 1.82) is 0 Å². The Bertz CT molecular complexity index is 678. The summed E-state index contributed by atoms with van der Waals surface area (Å²) in [5.74, 6) is 2.29. The third kappa shape index (κ3) is 3.52. The zero-order valence-electron chi connectivity index (χ0n) is 20.1. The number of aliphatic hydroxyl groups excluding tert-OH is 1. The summed E-state index contributed by atoms with van der Waals surface area (Å²) >= 11 is 0. The molecule has 0 radical (unpaired) electrons. The average Bonchev–Trinajstić information content (AvgIpc) is 2.93. The highest BCUT2D eigenvalue weighted by molar-refractivity contribution is 5.26. The van der Waals surface area contributed by atoms with E-state index in [2.05, 4.69) is 26.8 Å². The minimum Gasteiger partial charge on any atom is -0.393 e. The molecule has 3 fully saturated rings. The van der Waals surface area contributed by atoms with Crippen molar-refractivity contribution in [1.82, 2.24) is 0 Å². The molecule has 0 saturated heterocycles. The zero-order chi connectivity index (χ0) is 21.9. The van der Waals surface area contributed by atoms with Gasteiger partial charge in [0.2, 0.25) is 0 Å². The minimum absolute atomic E-state index is 0.0121. The van der Waals surface area contributed by atoms with E-state index < -0.39 is 11.2 Å². The Hall–Kier alpha value is -0.380. The molecule has 30 heavy (non-hydrogen) atoms. The molecule has 4 aliphatic carbocycles. The lowest BCUT2D eigenvalue weighted by Gasteiger charge is -2.59. The van der Waals surface area contributed by atoms with Gasteiger partial charge in [0, 0.05) is 0 Å². The highest BCUT2D eigenvalue weighted by atomic mass is 16.3.